The van der Waals surface area contributed by atoms with Crippen molar-refractivity contribution in [3.8, 4) is 0 Å². The molecule has 1 atom stereocenters. The maximum atomic E-state index is 12.5. The van der Waals surface area contributed by atoms with Gasteiger partial charge in [0, 0.05) is 34.3 Å². The maximum Gasteiger partial charge on any atom is 0.263 e. The predicted octanol–water partition coefficient (Wildman–Crippen LogP) is 2.78. The highest BCUT2D eigenvalue weighted by atomic mass is 32.1. The molecule has 29 heavy (non-hydrogen) atoms. The zero-order chi connectivity index (χ0) is 21.0. The van der Waals surface area contributed by atoms with Gasteiger partial charge in [-0.2, -0.15) is 0 Å². The zero-order valence-electron chi connectivity index (χ0n) is 16.4. The van der Waals surface area contributed by atoms with Gasteiger partial charge in [-0.05, 0) is 44.0 Å². The van der Waals surface area contributed by atoms with Crippen LogP contribution in [0.3, 0.4) is 0 Å². The third kappa shape index (κ3) is 4.95. The molecule has 7 nitrogen and oxygen atoms in total. The van der Waals surface area contributed by atoms with E-state index in [4.69, 9.17) is 0 Å². The minimum Gasteiger partial charge on any atom is -0.381 e. The number of carbonyl (C=O) groups is 3. The second-order valence-corrected chi connectivity index (χ2v) is 8.39. The van der Waals surface area contributed by atoms with Gasteiger partial charge in [0.1, 0.15) is 4.88 Å². The number of benzene rings is 1. The Morgan fingerprint density at radius 3 is 2.66 bits per heavy atom. The molecule has 154 valence electrons. The van der Waals surface area contributed by atoms with Crippen molar-refractivity contribution in [3.63, 3.8) is 0 Å². The molecule has 8 heteroatoms. The van der Waals surface area contributed by atoms with Crippen LogP contribution in [0.4, 0.5) is 5.69 Å². The summed E-state index contributed by atoms with van der Waals surface area (Å²) in [5, 5.41) is 10.4. The molecule has 4 rings (SSSR count). The van der Waals surface area contributed by atoms with Crippen LogP contribution in [0.2, 0.25) is 0 Å². The zero-order valence-corrected chi connectivity index (χ0v) is 17.2. The van der Waals surface area contributed by atoms with Crippen molar-refractivity contribution in [1.82, 2.24) is 10.6 Å². The normalized spacial score (nSPS) is 18.5. The number of thiophene rings is 1. The molecule has 1 unspecified atom stereocenters. The van der Waals surface area contributed by atoms with Gasteiger partial charge in [0.25, 0.3) is 11.8 Å². The number of hydrogen-bond donors (Lipinski definition) is 4. The van der Waals surface area contributed by atoms with Gasteiger partial charge in [-0.25, -0.2) is 0 Å². The Kier molecular flexibility index (Phi) is 6.53. The highest BCUT2D eigenvalue weighted by molar-refractivity contribution is 7.21. The SMILES string of the molecule is C=CC(N)=O.CC1CNc2c(sc3ccc(C(=O)NC4CCCC4)cc23)C(=O)N1. The molecule has 1 aliphatic heterocycles. The molecule has 0 bridgehead atoms. The predicted molar refractivity (Wildman–Crippen MR) is 116 cm³/mol. The van der Waals surface area contributed by atoms with E-state index in [1.807, 2.05) is 25.1 Å². The topological polar surface area (TPSA) is 113 Å². The second kappa shape index (κ2) is 9.09. The summed E-state index contributed by atoms with van der Waals surface area (Å²) in [6.45, 7) is 5.75. The van der Waals surface area contributed by atoms with Gasteiger partial charge in [-0.15, -0.1) is 11.3 Å². The van der Waals surface area contributed by atoms with E-state index >= 15 is 0 Å². The Morgan fingerprint density at radius 2 is 2.00 bits per heavy atom. The van der Waals surface area contributed by atoms with E-state index in [0.717, 1.165) is 34.7 Å². The fourth-order valence-electron chi connectivity index (χ4n) is 3.51. The summed E-state index contributed by atoms with van der Waals surface area (Å²) in [5.41, 5.74) is 6.05. The first kappa shape index (κ1) is 20.9. The number of amides is 3. The van der Waals surface area contributed by atoms with E-state index in [0.29, 0.717) is 23.0 Å². The number of nitrogens with two attached hydrogens (primary N) is 1. The van der Waals surface area contributed by atoms with Crippen LogP contribution in [0, 0.1) is 0 Å². The molecule has 5 N–H and O–H groups in total. The van der Waals surface area contributed by atoms with Crippen LogP contribution >= 0.6 is 11.3 Å². The fraction of sp³-hybridized carbons (Fsp3) is 0.381. The van der Waals surface area contributed by atoms with E-state index in [1.165, 1.54) is 24.2 Å². The lowest BCUT2D eigenvalue weighted by molar-refractivity contribution is -0.113. The van der Waals surface area contributed by atoms with E-state index in [1.54, 1.807) is 0 Å². The van der Waals surface area contributed by atoms with Gasteiger partial charge >= 0.3 is 0 Å². The molecule has 0 radical (unpaired) electrons. The monoisotopic (exact) mass is 414 g/mol. The van der Waals surface area contributed by atoms with Gasteiger partial charge < -0.3 is 21.7 Å². The number of fused-ring (bicyclic) bond motifs is 3. The Morgan fingerprint density at radius 1 is 1.31 bits per heavy atom. The molecular formula is C21H26N4O3S. The number of rotatable bonds is 3. The number of primary amides is 1. The lowest BCUT2D eigenvalue weighted by Gasteiger charge is -2.12. The molecule has 1 aromatic heterocycles. The maximum absolute atomic E-state index is 12.5. The molecule has 0 spiro atoms. The Balaban J connectivity index is 0.000000431. The van der Waals surface area contributed by atoms with Crippen molar-refractivity contribution < 1.29 is 14.4 Å². The minimum atomic E-state index is -0.481. The third-order valence-corrected chi connectivity index (χ3v) is 6.18. The Bertz CT molecular complexity index is 947. The largest absolute Gasteiger partial charge is 0.381 e. The molecule has 1 fully saturated rings. The van der Waals surface area contributed by atoms with Crippen LogP contribution < -0.4 is 21.7 Å². The van der Waals surface area contributed by atoms with E-state index < -0.39 is 5.91 Å². The number of nitrogens with one attached hydrogen (secondary N) is 3. The number of hydrogen-bond acceptors (Lipinski definition) is 5. The van der Waals surface area contributed by atoms with Gasteiger partial charge in [0.05, 0.1) is 5.69 Å². The van der Waals surface area contributed by atoms with Crippen molar-refractivity contribution in [2.45, 2.75) is 44.7 Å². The van der Waals surface area contributed by atoms with Crippen molar-refractivity contribution in [1.29, 1.82) is 0 Å². The molecule has 0 saturated heterocycles. The lowest BCUT2D eigenvalue weighted by Crippen LogP contribution is -2.34. The second-order valence-electron chi connectivity index (χ2n) is 7.33. The molecule has 1 saturated carbocycles. The number of anilines is 1. The van der Waals surface area contributed by atoms with Gasteiger partial charge in [0.2, 0.25) is 5.91 Å². The average molecular weight is 415 g/mol. The van der Waals surface area contributed by atoms with Crippen molar-refractivity contribution in [3.05, 3.63) is 41.3 Å². The summed E-state index contributed by atoms with van der Waals surface area (Å²) >= 11 is 1.47. The first-order chi connectivity index (χ1) is 13.9. The fourth-order valence-corrected chi connectivity index (χ4v) is 4.57. The van der Waals surface area contributed by atoms with Gasteiger partial charge in [0.15, 0.2) is 0 Å². The molecule has 1 aromatic carbocycles. The summed E-state index contributed by atoms with van der Waals surface area (Å²) < 4.78 is 1.02. The van der Waals surface area contributed by atoms with E-state index in [-0.39, 0.29) is 17.9 Å². The minimum absolute atomic E-state index is 0.0183. The van der Waals surface area contributed by atoms with Crippen molar-refractivity contribution in [2.75, 3.05) is 11.9 Å². The van der Waals surface area contributed by atoms with Crippen molar-refractivity contribution in [2.24, 2.45) is 5.73 Å². The molecule has 3 amide bonds. The summed E-state index contributed by atoms with van der Waals surface area (Å²) in [7, 11) is 0. The average Bonchev–Trinajstić information content (AvgIpc) is 3.30. The lowest BCUT2D eigenvalue weighted by atomic mass is 10.1. The smallest absolute Gasteiger partial charge is 0.263 e. The Labute approximate surface area is 173 Å². The van der Waals surface area contributed by atoms with Gasteiger partial charge in [-0.3, -0.25) is 14.4 Å². The Hall–Kier alpha value is -2.87. The summed E-state index contributed by atoms with van der Waals surface area (Å²) in [5.74, 6) is -0.541. The third-order valence-electron chi connectivity index (χ3n) is 5.01. The molecule has 2 aromatic rings. The van der Waals surface area contributed by atoms with E-state index in [2.05, 4.69) is 28.3 Å². The van der Waals surface area contributed by atoms with Crippen LogP contribution in [-0.4, -0.2) is 36.3 Å². The van der Waals surface area contributed by atoms with Crippen LogP contribution in [0.15, 0.2) is 30.9 Å². The van der Waals surface area contributed by atoms with Crippen LogP contribution in [0.25, 0.3) is 10.1 Å². The van der Waals surface area contributed by atoms with Gasteiger partial charge in [-0.1, -0.05) is 19.4 Å². The van der Waals surface area contributed by atoms with Crippen LogP contribution in [0.1, 0.15) is 52.6 Å². The molecule has 2 heterocycles. The summed E-state index contributed by atoms with van der Waals surface area (Å²) in [6.07, 6.45) is 5.58. The highest BCUT2D eigenvalue weighted by Gasteiger charge is 2.24. The van der Waals surface area contributed by atoms with Crippen LogP contribution in [0.5, 0.6) is 0 Å². The molecule has 1 aliphatic carbocycles. The quantitative estimate of drug-likeness (QED) is 0.578. The molecule has 2 aliphatic rings. The van der Waals surface area contributed by atoms with Crippen molar-refractivity contribution >= 4 is 44.8 Å². The summed E-state index contributed by atoms with van der Waals surface area (Å²) in [6, 6.07) is 6.09. The summed E-state index contributed by atoms with van der Waals surface area (Å²) in [4.78, 5) is 35.0. The number of carbonyl (C=O) groups excluding carboxylic acids is 3. The first-order valence-electron chi connectivity index (χ1n) is 9.73. The van der Waals surface area contributed by atoms with Crippen LogP contribution in [-0.2, 0) is 4.79 Å². The molecular weight excluding hydrogens is 388 g/mol. The van der Waals surface area contributed by atoms with E-state index in [9.17, 15) is 14.4 Å². The standard InChI is InChI=1S/C18H21N3O2S.C3H5NO/c1-10-9-19-15-13-8-11(17(22)21-12-4-2-3-5-12)6-7-14(13)24-16(15)18(23)20-10;1-2-3(4)5/h6-8,10,12,19H,2-5,9H2,1H3,(H,20,23)(H,21,22);2H,1H2,(H2,4,5). The first-order valence-corrected chi connectivity index (χ1v) is 10.5. The highest BCUT2D eigenvalue weighted by Crippen LogP contribution is 2.37.